The molecule has 0 aliphatic rings. The fourth-order valence-corrected chi connectivity index (χ4v) is 2.82. The van der Waals surface area contributed by atoms with Crippen molar-refractivity contribution < 1.29 is 4.68 Å². The van der Waals surface area contributed by atoms with Crippen LogP contribution in [0.2, 0.25) is 0 Å². The molecule has 0 bridgehead atoms. The number of hydrogen-bond acceptors (Lipinski definition) is 1. The largest absolute Gasteiger partial charge is 0.251 e. The van der Waals surface area contributed by atoms with E-state index in [1.54, 1.807) is 0 Å². The summed E-state index contributed by atoms with van der Waals surface area (Å²) in [7, 11) is 2.04. The van der Waals surface area contributed by atoms with Crippen molar-refractivity contribution in [1.82, 2.24) is 9.67 Å². The second-order valence-electron chi connectivity index (χ2n) is 5.48. The molecule has 0 fully saturated rings. The summed E-state index contributed by atoms with van der Waals surface area (Å²) in [4.78, 5) is 4.83. The van der Waals surface area contributed by atoms with E-state index in [4.69, 9.17) is 4.98 Å². The predicted molar refractivity (Wildman–Crippen MR) is 84.4 cm³/mol. The third-order valence-electron chi connectivity index (χ3n) is 3.88. The monoisotopic (exact) mass is 278 g/mol. The molecule has 2 heterocycles. The zero-order valence-corrected chi connectivity index (χ0v) is 13.0. The summed E-state index contributed by atoms with van der Waals surface area (Å²) in [5.41, 5.74) is 6.92. The lowest BCUT2D eigenvalue weighted by Gasteiger charge is -2.12. The van der Waals surface area contributed by atoms with Gasteiger partial charge in [0.15, 0.2) is 13.2 Å². The standard InChI is InChI=1S/C18H20N3/c1-13-8-5-6-9-16(13)17-12-14(2)18(15(3)19-17)21-11-7-10-20(21)4/h5-12H,1-4H3/q+1. The summed E-state index contributed by atoms with van der Waals surface area (Å²) < 4.78 is 4.18. The number of aromatic nitrogens is 3. The van der Waals surface area contributed by atoms with Gasteiger partial charge in [0.05, 0.1) is 17.6 Å². The van der Waals surface area contributed by atoms with Gasteiger partial charge in [-0.15, -0.1) is 9.36 Å². The van der Waals surface area contributed by atoms with E-state index >= 15 is 0 Å². The van der Waals surface area contributed by atoms with Crippen LogP contribution >= 0.6 is 0 Å². The highest BCUT2D eigenvalue weighted by Crippen LogP contribution is 2.26. The normalized spacial score (nSPS) is 10.9. The van der Waals surface area contributed by atoms with E-state index < -0.39 is 0 Å². The molecule has 1 aromatic carbocycles. The van der Waals surface area contributed by atoms with Crippen molar-refractivity contribution in [1.29, 1.82) is 0 Å². The van der Waals surface area contributed by atoms with Crippen molar-refractivity contribution in [2.24, 2.45) is 7.05 Å². The lowest BCUT2D eigenvalue weighted by Crippen LogP contribution is -2.37. The van der Waals surface area contributed by atoms with Gasteiger partial charge in [-0.2, -0.15) is 0 Å². The smallest absolute Gasteiger partial charge is 0.195 e. The van der Waals surface area contributed by atoms with Crippen molar-refractivity contribution >= 4 is 0 Å². The first kappa shape index (κ1) is 13.6. The van der Waals surface area contributed by atoms with E-state index in [0.29, 0.717) is 0 Å². The van der Waals surface area contributed by atoms with Crippen molar-refractivity contribution in [3.63, 3.8) is 0 Å². The van der Waals surface area contributed by atoms with Crippen LogP contribution in [0.4, 0.5) is 0 Å². The molecule has 0 radical (unpaired) electrons. The molecule has 3 rings (SSSR count). The third-order valence-corrected chi connectivity index (χ3v) is 3.88. The van der Waals surface area contributed by atoms with E-state index in [9.17, 15) is 0 Å². The Balaban J connectivity index is 2.18. The molecule has 21 heavy (non-hydrogen) atoms. The summed E-state index contributed by atoms with van der Waals surface area (Å²) in [6.07, 6.45) is 4.10. The quantitative estimate of drug-likeness (QED) is 0.659. The number of benzene rings is 1. The predicted octanol–water partition coefficient (Wildman–Crippen LogP) is 3.29. The molecule has 0 spiro atoms. The summed E-state index contributed by atoms with van der Waals surface area (Å²) in [5, 5.41) is 0. The highest BCUT2D eigenvalue weighted by Gasteiger charge is 2.15. The van der Waals surface area contributed by atoms with Crippen LogP contribution in [0.1, 0.15) is 16.8 Å². The Morgan fingerprint density at radius 2 is 1.76 bits per heavy atom. The number of aryl methyl sites for hydroxylation is 4. The van der Waals surface area contributed by atoms with Crippen LogP contribution < -0.4 is 4.68 Å². The Labute approximate surface area is 125 Å². The Bertz CT molecular complexity index is 777. The second kappa shape index (κ2) is 5.17. The zero-order valence-electron chi connectivity index (χ0n) is 13.0. The van der Waals surface area contributed by atoms with Crippen LogP contribution in [-0.4, -0.2) is 9.67 Å². The Hall–Kier alpha value is -2.42. The van der Waals surface area contributed by atoms with E-state index in [0.717, 1.165) is 17.1 Å². The van der Waals surface area contributed by atoms with Gasteiger partial charge in [-0.25, -0.2) is 0 Å². The molecule has 3 aromatic rings. The first-order valence-electron chi connectivity index (χ1n) is 7.16. The minimum absolute atomic E-state index is 1.04. The van der Waals surface area contributed by atoms with Crippen molar-refractivity contribution in [2.75, 3.05) is 0 Å². The molecule has 3 heteroatoms. The van der Waals surface area contributed by atoms with Gasteiger partial charge in [0.2, 0.25) is 0 Å². The number of rotatable bonds is 2. The van der Waals surface area contributed by atoms with Gasteiger partial charge < -0.3 is 0 Å². The van der Waals surface area contributed by atoms with E-state index in [2.05, 4.69) is 66.7 Å². The minimum atomic E-state index is 1.04. The first-order valence-corrected chi connectivity index (χ1v) is 7.16. The minimum Gasteiger partial charge on any atom is -0.251 e. The second-order valence-corrected chi connectivity index (χ2v) is 5.48. The van der Waals surface area contributed by atoms with Gasteiger partial charge in [-0.3, -0.25) is 4.98 Å². The van der Waals surface area contributed by atoms with Gasteiger partial charge in [-0.1, -0.05) is 24.3 Å². The Morgan fingerprint density at radius 3 is 2.38 bits per heavy atom. The maximum absolute atomic E-state index is 4.83. The average Bonchev–Trinajstić information content (AvgIpc) is 2.85. The molecule has 2 aromatic heterocycles. The summed E-state index contributed by atoms with van der Waals surface area (Å²) in [6, 6.07) is 12.6. The highest BCUT2D eigenvalue weighted by molar-refractivity contribution is 5.66. The van der Waals surface area contributed by atoms with Crippen molar-refractivity contribution in [3.8, 4) is 16.9 Å². The molecule has 0 amide bonds. The molecule has 3 nitrogen and oxygen atoms in total. The molecule has 0 saturated carbocycles. The Morgan fingerprint density at radius 1 is 1.00 bits per heavy atom. The molecular formula is C18H20N3+. The molecule has 0 atom stereocenters. The van der Waals surface area contributed by atoms with Crippen LogP contribution in [0.5, 0.6) is 0 Å². The third kappa shape index (κ3) is 2.35. The highest BCUT2D eigenvalue weighted by atomic mass is 15.4. The molecule has 0 aliphatic heterocycles. The van der Waals surface area contributed by atoms with Gasteiger partial charge >= 0.3 is 0 Å². The van der Waals surface area contributed by atoms with Crippen molar-refractivity contribution in [3.05, 3.63) is 65.6 Å². The van der Waals surface area contributed by atoms with E-state index in [1.807, 2.05) is 19.3 Å². The summed E-state index contributed by atoms with van der Waals surface area (Å²) in [5.74, 6) is 0. The van der Waals surface area contributed by atoms with Crippen LogP contribution in [0.3, 0.4) is 0 Å². The first-order chi connectivity index (χ1) is 10.1. The maximum Gasteiger partial charge on any atom is 0.195 e. The molecule has 0 saturated heterocycles. The van der Waals surface area contributed by atoms with Gasteiger partial charge in [0, 0.05) is 11.6 Å². The maximum atomic E-state index is 4.83. The van der Waals surface area contributed by atoms with Gasteiger partial charge in [0.1, 0.15) is 5.69 Å². The Kier molecular flexibility index (Phi) is 3.34. The van der Waals surface area contributed by atoms with E-state index in [1.165, 1.54) is 16.7 Å². The van der Waals surface area contributed by atoms with E-state index in [-0.39, 0.29) is 0 Å². The summed E-state index contributed by atoms with van der Waals surface area (Å²) >= 11 is 0. The zero-order chi connectivity index (χ0) is 15.0. The lowest BCUT2D eigenvalue weighted by atomic mass is 10.0. The van der Waals surface area contributed by atoms with Gasteiger partial charge in [-0.05, 0) is 38.0 Å². The van der Waals surface area contributed by atoms with Gasteiger partial charge in [0.25, 0.3) is 0 Å². The SMILES string of the molecule is Cc1ccccc1-c1cc(C)c(-n2ccc[n+]2C)c(C)n1. The summed E-state index contributed by atoms with van der Waals surface area (Å²) in [6.45, 7) is 6.34. The molecule has 0 N–H and O–H groups in total. The molecule has 0 unspecified atom stereocenters. The van der Waals surface area contributed by atoms with Crippen LogP contribution in [0, 0.1) is 20.8 Å². The molecular weight excluding hydrogens is 258 g/mol. The fraction of sp³-hybridized carbons (Fsp3) is 0.222. The number of hydrogen-bond donors (Lipinski definition) is 0. The topological polar surface area (TPSA) is 21.7 Å². The van der Waals surface area contributed by atoms with Crippen LogP contribution in [0.25, 0.3) is 16.9 Å². The number of pyridine rings is 1. The van der Waals surface area contributed by atoms with Crippen LogP contribution in [-0.2, 0) is 7.05 Å². The molecule has 106 valence electrons. The molecule has 0 aliphatic carbocycles. The average molecular weight is 278 g/mol. The fourth-order valence-electron chi connectivity index (χ4n) is 2.82. The number of nitrogens with zero attached hydrogens (tertiary/aromatic N) is 3. The lowest BCUT2D eigenvalue weighted by molar-refractivity contribution is -0.744. The van der Waals surface area contributed by atoms with Crippen molar-refractivity contribution in [2.45, 2.75) is 20.8 Å². The van der Waals surface area contributed by atoms with Crippen LogP contribution in [0.15, 0.2) is 48.8 Å².